The molecule has 0 aliphatic heterocycles. The Labute approximate surface area is 172 Å². The van der Waals surface area contributed by atoms with Gasteiger partial charge in [0, 0.05) is 12.1 Å². The van der Waals surface area contributed by atoms with Crippen molar-refractivity contribution < 1.29 is 28.2 Å². The summed E-state index contributed by atoms with van der Waals surface area (Å²) < 4.78 is 38.1. The van der Waals surface area contributed by atoms with E-state index in [-0.39, 0.29) is 23.6 Å². The summed E-state index contributed by atoms with van der Waals surface area (Å²) in [4.78, 5) is 13.2. The molecule has 1 aliphatic carbocycles. The number of alkyl halides is 3. The number of hydrogen-bond acceptors (Lipinski definition) is 5. The van der Waals surface area contributed by atoms with E-state index < -0.39 is 36.6 Å². The van der Waals surface area contributed by atoms with E-state index in [9.17, 15) is 28.2 Å². The molecule has 0 saturated carbocycles. The lowest BCUT2D eigenvalue weighted by Crippen LogP contribution is -2.46. The first-order chi connectivity index (χ1) is 13.9. The first-order valence-electron chi connectivity index (χ1n) is 9.37. The van der Waals surface area contributed by atoms with Gasteiger partial charge < -0.3 is 20.9 Å². The second-order valence-corrected chi connectivity index (χ2v) is 7.48. The molecule has 0 radical (unpaired) electrons. The standard InChI is InChI=1S/C20H25F3N4O3/c1-19(30)8-6-13(7-9-19)16(24)12-26-18(29)27(11-10-20(21,22)23)17(25)14-2-4-15(28)5-3-14/h2-6,24-25,28,30H,7-12H2,1H3,(H,26,29). The van der Waals surface area contributed by atoms with Crippen LogP contribution in [0.4, 0.5) is 18.0 Å². The van der Waals surface area contributed by atoms with Gasteiger partial charge >= 0.3 is 12.2 Å². The van der Waals surface area contributed by atoms with Gasteiger partial charge in [0.25, 0.3) is 0 Å². The Kier molecular flexibility index (Phi) is 7.25. The lowest BCUT2D eigenvalue weighted by Gasteiger charge is -2.28. The average Bonchev–Trinajstić information content (AvgIpc) is 2.65. The number of amidine groups is 1. The number of aromatic hydroxyl groups is 1. The van der Waals surface area contributed by atoms with Crippen LogP contribution >= 0.6 is 0 Å². The summed E-state index contributed by atoms with van der Waals surface area (Å²) in [6.45, 7) is 0.727. The summed E-state index contributed by atoms with van der Waals surface area (Å²) in [5.74, 6) is -0.526. The molecule has 1 atom stereocenters. The first kappa shape index (κ1) is 23.4. The fraction of sp³-hybridized carbons (Fsp3) is 0.450. The minimum atomic E-state index is -4.51. The lowest BCUT2D eigenvalue weighted by atomic mass is 9.85. The zero-order valence-electron chi connectivity index (χ0n) is 16.5. The molecule has 10 heteroatoms. The highest BCUT2D eigenvalue weighted by atomic mass is 19.4. The summed E-state index contributed by atoms with van der Waals surface area (Å²) >= 11 is 0. The normalized spacial score (nSPS) is 19.0. The van der Waals surface area contributed by atoms with Gasteiger partial charge in [0.15, 0.2) is 0 Å². The van der Waals surface area contributed by atoms with Gasteiger partial charge in [-0.1, -0.05) is 6.08 Å². The summed E-state index contributed by atoms with van der Waals surface area (Å²) in [6, 6.07) is 4.26. The summed E-state index contributed by atoms with van der Waals surface area (Å²) in [7, 11) is 0. The van der Waals surface area contributed by atoms with Crippen molar-refractivity contribution >= 4 is 17.6 Å². The molecule has 1 aromatic rings. The molecule has 7 nitrogen and oxygen atoms in total. The molecule has 1 aromatic carbocycles. The van der Waals surface area contributed by atoms with Crippen LogP contribution in [0, 0.1) is 10.8 Å². The van der Waals surface area contributed by atoms with Crippen molar-refractivity contribution in [1.82, 2.24) is 10.2 Å². The Morgan fingerprint density at radius 1 is 1.27 bits per heavy atom. The van der Waals surface area contributed by atoms with Gasteiger partial charge in [-0.15, -0.1) is 0 Å². The lowest BCUT2D eigenvalue weighted by molar-refractivity contribution is -0.135. The summed E-state index contributed by atoms with van der Waals surface area (Å²) in [5, 5.41) is 37.9. The van der Waals surface area contributed by atoms with Gasteiger partial charge in [-0.05, 0) is 56.0 Å². The second-order valence-electron chi connectivity index (χ2n) is 7.48. The predicted molar refractivity (Wildman–Crippen MR) is 106 cm³/mol. The number of phenols is 1. The summed E-state index contributed by atoms with van der Waals surface area (Å²) in [5.41, 5.74) is 0.0983. The van der Waals surface area contributed by atoms with Crippen molar-refractivity contribution in [2.24, 2.45) is 0 Å². The monoisotopic (exact) mass is 426 g/mol. The quantitative estimate of drug-likeness (QED) is 0.353. The van der Waals surface area contributed by atoms with Crippen molar-refractivity contribution in [3.05, 3.63) is 41.5 Å². The molecule has 0 heterocycles. The van der Waals surface area contributed by atoms with E-state index in [1.807, 2.05) is 0 Å². The number of aliphatic hydroxyl groups is 1. The highest BCUT2D eigenvalue weighted by molar-refractivity contribution is 6.07. The van der Waals surface area contributed by atoms with Crippen LogP contribution in [0.15, 0.2) is 35.9 Å². The average molecular weight is 426 g/mol. The molecule has 0 bridgehead atoms. The number of amides is 2. The number of rotatable bonds is 6. The van der Waals surface area contributed by atoms with Gasteiger partial charge in [-0.3, -0.25) is 10.3 Å². The van der Waals surface area contributed by atoms with Crippen LogP contribution in [-0.4, -0.2) is 57.6 Å². The van der Waals surface area contributed by atoms with Crippen molar-refractivity contribution in [3.8, 4) is 5.75 Å². The van der Waals surface area contributed by atoms with Crippen molar-refractivity contribution in [2.45, 2.75) is 44.4 Å². The van der Waals surface area contributed by atoms with Gasteiger partial charge in [-0.2, -0.15) is 13.2 Å². The maximum Gasteiger partial charge on any atom is 0.390 e. The van der Waals surface area contributed by atoms with Crippen LogP contribution < -0.4 is 5.32 Å². The number of carbonyl (C=O) groups excluding carboxylic acids is 1. The molecule has 0 spiro atoms. The number of phenolic OH excluding ortho intramolecular Hbond substituents is 1. The van der Waals surface area contributed by atoms with Crippen molar-refractivity contribution in [1.29, 1.82) is 10.8 Å². The Morgan fingerprint density at radius 2 is 1.90 bits per heavy atom. The number of hydrogen-bond donors (Lipinski definition) is 5. The van der Waals surface area contributed by atoms with E-state index in [1.165, 1.54) is 24.3 Å². The maximum absolute atomic E-state index is 12.7. The van der Waals surface area contributed by atoms with Gasteiger partial charge in [-0.25, -0.2) is 4.79 Å². The minimum Gasteiger partial charge on any atom is -0.508 e. The number of halogens is 3. The molecule has 0 aromatic heterocycles. The topological polar surface area (TPSA) is 121 Å². The Morgan fingerprint density at radius 3 is 2.43 bits per heavy atom. The molecule has 2 amide bonds. The highest BCUT2D eigenvalue weighted by Crippen LogP contribution is 2.27. The molecular formula is C20H25F3N4O3. The fourth-order valence-corrected chi connectivity index (χ4v) is 2.93. The largest absolute Gasteiger partial charge is 0.508 e. The van der Waals surface area contributed by atoms with Crippen LogP contribution in [0.5, 0.6) is 5.75 Å². The SMILES string of the molecule is CC1(O)CC=C(C(=N)CNC(=O)N(CCC(F)(F)F)C(=N)c2ccc(O)cc2)CC1. The second kappa shape index (κ2) is 9.29. The molecule has 5 N–H and O–H groups in total. The van der Waals surface area contributed by atoms with Crippen LogP contribution in [0.3, 0.4) is 0 Å². The Hall–Kier alpha value is -2.88. The van der Waals surface area contributed by atoms with Gasteiger partial charge in [0.1, 0.15) is 11.6 Å². The number of nitrogens with one attached hydrogen (secondary N) is 3. The zero-order chi connectivity index (χ0) is 22.5. The van der Waals surface area contributed by atoms with Crippen LogP contribution in [-0.2, 0) is 0 Å². The Bertz CT molecular complexity index is 833. The third-order valence-corrected chi connectivity index (χ3v) is 4.80. The van der Waals surface area contributed by atoms with Crippen molar-refractivity contribution in [3.63, 3.8) is 0 Å². The van der Waals surface area contributed by atoms with Crippen LogP contribution in [0.2, 0.25) is 0 Å². The van der Waals surface area contributed by atoms with E-state index in [4.69, 9.17) is 10.8 Å². The van der Waals surface area contributed by atoms with Crippen LogP contribution in [0.25, 0.3) is 0 Å². The number of carbonyl (C=O) groups is 1. The molecule has 164 valence electrons. The third kappa shape index (κ3) is 6.87. The molecule has 1 unspecified atom stereocenters. The van der Waals surface area contributed by atoms with Crippen LogP contribution in [0.1, 0.15) is 38.2 Å². The molecule has 0 saturated heterocycles. The summed E-state index contributed by atoms with van der Waals surface area (Å²) in [6.07, 6.45) is -2.77. The van der Waals surface area contributed by atoms with E-state index in [1.54, 1.807) is 13.0 Å². The molecule has 1 aliphatic rings. The fourth-order valence-electron chi connectivity index (χ4n) is 2.93. The van der Waals surface area contributed by atoms with Gasteiger partial charge in [0.2, 0.25) is 0 Å². The van der Waals surface area contributed by atoms with Crippen molar-refractivity contribution in [2.75, 3.05) is 13.1 Å². The van der Waals surface area contributed by atoms with E-state index >= 15 is 0 Å². The molecule has 30 heavy (non-hydrogen) atoms. The zero-order valence-corrected chi connectivity index (χ0v) is 16.5. The van der Waals surface area contributed by atoms with E-state index in [0.29, 0.717) is 29.7 Å². The predicted octanol–water partition coefficient (Wildman–Crippen LogP) is 3.56. The smallest absolute Gasteiger partial charge is 0.390 e. The third-order valence-electron chi connectivity index (χ3n) is 4.80. The van der Waals surface area contributed by atoms with E-state index in [2.05, 4.69) is 5.32 Å². The highest BCUT2D eigenvalue weighted by Gasteiger charge is 2.31. The number of nitrogens with zero attached hydrogens (tertiary/aromatic N) is 1. The number of urea groups is 1. The molecular weight excluding hydrogens is 401 g/mol. The first-order valence-corrected chi connectivity index (χ1v) is 9.37. The minimum absolute atomic E-state index is 0.0778. The molecule has 2 rings (SSSR count). The number of benzene rings is 1. The maximum atomic E-state index is 12.7. The Balaban J connectivity index is 2.06. The molecule has 0 fully saturated rings. The van der Waals surface area contributed by atoms with E-state index in [0.717, 1.165) is 0 Å². The van der Waals surface area contributed by atoms with Gasteiger partial charge in [0.05, 0.1) is 24.3 Å².